The molecule has 1 unspecified atom stereocenters. The van der Waals surface area contributed by atoms with Gasteiger partial charge in [-0.3, -0.25) is 14.4 Å². The Morgan fingerprint density at radius 2 is 1.90 bits per heavy atom. The van der Waals surface area contributed by atoms with Crippen molar-refractivity contribution >= 4 is 41.0 Å². The van der Waals surface area contributed by atoms with E-state index in [1.54, 1.807) is 0 Å². The van der Waals surface area contributed by atoms with Gasteiger partial charge in [0.15, 0.2) is 5.96 Å². The molecule has 14 heteroatoms. The molecule has 0 radical (unpaired) electrons. The largest absolute Gasteiger partial charge is 0.508 e. The maximum Gasteiger partial charge on any atom is 0.305 e. The number of aliphatic carboxylic acids is 1. The third-order valence-corrected chi connectivity index (χ3v) is 6.83. The van der Waals surface area contributed by atoms with Gasteiger partial charge in [-0.15, -0.1) is 0 Å². The standard InChI is InChI=1S/C26H27ClF3N5O5/c27-16-4-13(3-15(7-16)26(1-2-26)24(29)30)20(9-22(38)39)35-21(37)12-31-23(40)14-5-18(8-19(36)6-14)34-25-32-10-17(28)11-33-25/h3-8,17,20,24,36H,1-2,9-12H2,(H,31,40)(H,35,37)(H,38,39)(H2,32,33,34)/t20-/m0/s1. The third-order valence-electron chi connectivity index (χ3n) is 6.61. The van der Waals surface area contributed by atoms with Crippen molar-refractivity contribution < 1.29 is 37.8 Å². The zero-order chi connectivity index (χ0) is 29.0. The van der Waals surface area contributed by atoms with Crippen LogP contribution in [-0.2, 0) is 15.0 Å². The smallest absolute Gasteiger partial charge is 0.305 e. The normalized spacial score (nSPS) is 18.2. The first-order valence-electron chi connectivity index (χ1n) is 12.4. The van der Waals surface area contributed by atoms with Crippen LogP contribution in [0.1, 0.15) is 46.8 Å². The van der Waals surface area contributed by atoms with Crippen LogP contribution in [0.2, 0.25) is 5.02 Å². The number of guanidine groups is 1. The Bertz CT molecular complexity index is 1340. The quantitative estimate of drug-likeness (QED) is 0.252. The predicted molar refractivity (Wildman–Crippen MR) is 141 cm³/mol. The first-order chi connectivity index (χ1) is 18.9. The van der Waals surface area contributed by atoms with Crippen LogP contribution in [-0.4, -0.2) is 66.2 Å². The van der Waals surface area contributed by atoms with Crippen molar-refractivity contribution in [1.82, 2.24) is 16.0 Å². The zero-order valence-electron chi connectivity index (χ0n) is 21.0. The molecule has 0 saturated heterocycles. The fourth-order valence-electron chi connectivity index (χ4n) is 4.36. The molecular formula is C26H27ClF3N5O5. The Kier molecular flexibility index (Phi) is 8.72. The summed E-state index contributed by atoms with van der Waals surface area (Å²) in [7, 11) is 0. The molecule has 2 aliphatic rings. The van der Waals surface area contributed by atoms with Gasteiger partial charge in [0.05, 0.1) is 37.5 Å². The number of benzene rings is 2. The van der Waals surface area contributed by atoms with Crippen LogP contribution in [0.15, 0.2) is 41.4 Å². The summed E-state index contributed by atoms with van der Waals surface area (Å²) < 4.78 is 40.6. The number of hydrogen-bond acceptors (Lipinski definition) is 7. The number of amides is 2. The van der Waals surface area contributed by atoms with Gasteiger partial charge in [0.1, 0.15) is 11.9 Å². The van der Waals surface area contributed by atoms with Gasteiger partial charge in [0.2, 0.25) is 12.3 Å². The second-order valence-corrected chi connectivity index (χ2v) is 10.1. The molecule has 1 aliphatic heterocycles. The molecule has 0 aromatic heterocycles. The lowest BCUT2D eigenvalue weighted by atomic mass is 9.92. The molecule has 40 heavy (non-hydrogen) atoms. The Morgan fingerprint density at radius 3 is 2.52 bits per heavy atom. The van der Waals surface area contributed by atoms with Crippen molar-refractivity contribution in [3.8, 4) is 5.75 Å². The Morgan fingerprint density at radius 1 is 1.15 bits per heavy atom. The second-order valence-electron chi connectivity index (χ2n) is 9.69. The number of aliphatic imine (C=N–C) groups is 1. The minimum Gasteiger partial charge on any atom is -0.508 e. The molecule has 10 nitrogen and oxygen atoms in total. The van der Waals surface area contributed by atoms with Crippen LogP contribution in [0.5, 0.6) is 5.75 Å². The number of phenols is 1. The number of halogens is 4. The predicted octanol–water partition coefficient (Wildman–Crippen LogP) is 3.11. The van der Waals surface area contributed by atoms with Gasteiger partial charge >= 0.3 is 5.97 Å². The Balaban J connectivity index is 1.42. The number of alkyl halides is 3. The Labute approximate surface area is 232 Å². The molecule has 1 aliphatic carbocycles. The van der Waals surface area contributed by atoms with Crippen molar-refractivity contribution in [3.05, 3.63) is 58.1 Å². The van der Waals surface area contributed by atoms with E-state index in [4.69, 9.17) is 11.6 Å². The van der Waals surface area contributed by atoms with Gasteiger partial charge in [0, 0.05) is 22.3 Å². The van der Waals surface area contributed by atoms with E-state index in [0.29, 0.717) is 0 Å². The number of anilines is 1. The van der Waals surface area contributed by atoms with Gasteiger partial charge in [0.25, 0.3) is 5.91 Å². The summed E-state index contributed by atoms with van der Waals surface area (Å²) in [5.41, 5.74) is -0.531. The van der Waals surface area contributed by atoms with E-state index >= 15 is 0 Å². The summed E-state index contributed by atoms with van der Waals surface area (Å²) in [6.07, 6.45) is -3.76. The molecule has 1 heterocycles. The number of phenolic OH excluding ortho intramolecular Hbond substituents is 1. The maximum atomic E-state index is 13.7. The molecule has 6 N–H and O–H groups in total. The summed E-state index contributed by atoms with van der Waals surface area (Å²) in [4.78, 5) is 40.8. The molecule has 0 bridgehead atoms. The van der Waals surface area contributed by atoms with E-state index in [9.17, 15) is 37.8 Å². The number of aromatic hydroxyl groups is 1. The monoisotopic (exact) mass is 581 g/mol. The molecule has 2 amide bonds. The summed E-state index contributed by atoms with van der Waals surface area (Å²) >= 11 is 6.15. The molecule has 4 rings (SSSR count). The van der Waals surface area contributed by atoms with Crippen LogP contribution in [0, 0.1) is 0 Å². The highest BCUT2D eigenvalue weighted by Gasteiger charge is 2.52. The number of carbonyl (C=O) groups excluding carboxylic acids is 2. The second kappa shape index (κ2) is 12.0. The van der Waals surface area contributed by atoms with E-state index < -0.39 is 54.8 Å². The van der Waals surface area contributed by atoms with Crippen molar-refractivity contribution in [2.75, 3.05) is 25.0 Å². The highest BCUT2D eigenvalue weighted by atomic mass is 35.5. The van der Waals surface area contributed by atoms with Crippen LogP contribution < -0.4 is 21.3 Å². The van der Waals surface area contributed by atoms with Crippen molar-refractivity contribution in [2.45, 2.75) is 43.3 Å². The number of hydrogen-bond donors (Lipinski definition) is 6. The summed E-state index contributed by atoms with van der Waals surface area (Å²) in [5, 5.41) is 30.0. The topological polar surface area (TPSA) is 152 Å². The first-order valence-corrected chi connectivity index (χ1v) is 12.7. The van der Waals surface area contributed by atoms with Crippen LogP contribution in [0.4, 0.5) is 18.9 Å². The van der Waals surface area contributed by atoms with Gasteiger partial charge in [-0.1, -0.05) is 17.7 Å². The molecule has 1 fully saturated rings. The lowest BCUT2D eigenvalue weighted by Crippen LogP contribution is -2.41. The average molecular weight is 582 g/mol. The molecule has 2 aromatic carbocycles. The van der Waals surface area contributed by atoms with Crippen molar-refractivity contribution in [1.29, 1.82) is 0 Å². The molecule has 2 aromatic rings. The maximum absolute atomic E-state index is 13.7. The number of nitrogens with zero attached hydrogens (tertiary/aromatic N) is 1. The minimum absolute atomic E-state index is 0.00150. The molecule has 2 atom stereocenters. The average Bonchev–Trinajstić information content (AvgIpc) is 3.70. The van der Waals surface area contributed by atoms with E-state index in [0.717, 1.165) is 0 Å². The molecule has 0 spiro atoms. The van der Waals surface area contributed by atoms with Gasteiger partial charge in [-0.05, 0) is 48.2 Å². The van der Waals surface area contributed by atoms with E-state index in [1.807, 2.05) is 0 Å². The van der Waals surface area contributed by atoms with E-state index in [1.165, 1.54) is 36.4 Å². The zero-order valence-corrected chi connectivity index (χ0v) is 21.8. The van der Waals surface area contributed by atoms with Crippen LogP contribution in [0.25, 0.3) is 0 Å². The van der Waals surface area contributed by atoms with E-state index in [-0.39, 0.29) is 65.0 Å². The van der Waals surface area contributed by atoms with Gasteiger partial charge in [-0.25, -0.2) is 18.2 Å². The number of carboxylic acids is 1. The summed E-state index contributed by atoms with van der Waals surface area (Å²) in [6.45, 7) is -0.531. The number of nitrogens with one attached hydrogen (secondary N) is 4. The SMILES string of the molecule is O=C(O)C[C@H](NC(=O)CNC(=O)c1cc(O)cc(NC2=NCC(F)CN2)c1)c1cc(Cl)cc(C2(C(F)F)CC2)c1. The number of carboxylic acid groups (broad SMARTS) is 1. The molecule has 1 saturated carbocycles. The molecule has 214 valence electrons. The summed E-state index contributed by atoms with van der Waals surface area (Å²) in [5.74, 6) is -2.69. The lowest BCUT2D eigenvalue weighted by Gasteiger charge is -2.21. The van der Waals surface area contributed by atoms with Gasteiger partial charge < -0.3 is 31.5 Å². The van der Waals surface area contributed by atoms with Crippen molar-refractivity contribution in [3.63, 3.8) is 0 Å². The highest BCUT2D eigenvalue weighted by Crippen LogP contribution is 2.53. The fraction of sp³-hybridized carbons (Fsp3) is 0.385. The minimum atomic E-state index is -2.62. The molecular weight excluding hydrogens is 555 g/mol. The highest BCUT2D eigenvalue weighted by molar-refractivity contribution is 6.30. The lowest BCUT2D eigenvalue weighted by molar-refractivity contribution is -0.137. The van der Waals surface area contributed by atoms with Gasteiger partial charge in [-0.2, -0.15) is 0 Å². The van der Waals surface area contributed by atoms with Crippen molar-refractivity contribution in [2.24, 2.45) is 4.99 Å². The third kappa shape index (κ3) is 7.14. The Hall–Kier alpha value is -4.00. The first kappa shape index (κ1) is 29.0. The number of carbonyl (C=O) groups is 3. The van der Waals surface area contributed by atoms with Crippen LogP contribution >= 0.6 is 11.6 Å². The van der Waals surface area contributed by atoms with E-state index in [2.05, 4.69) is 26.3 Å². The summed E-state index contributed by atoms with van der Waals surface area (Å²) in [6, 6.07) is 7.02. The fourth-order valence-corrected chi connectivity index (χ4v) is 4.60. The van der Waals surface area contributed by atoms with Crippen LogP contribution in [0.3, 0.4) is 0 Å². The number of rotatable bonds is 10.